The number of likely N-dealkylation sites (tertiary alicyclic amines) is 1. The maximum Gasteiger partial charge on any atom is 0.409 e. The van der Waals surface area contributed by atoms with Crippen molar-refractivity contribution in [2.75, 3.05) is 39.8 Å². The van der Waals surface area contributed by atoms with Gasteiger partial charge in [0.15, 0.2) is 5.72 Å². The van der Waals surface area contributed by atoms with E-state index in [1.807, 2.05) is 13.0 Å². The number of anilines is 1. The smallest absolute Gasteiger partial charge is 0.409 e. The van der Waals surface area contributed by atoms with E-state index in [4.69, 9.17) is 35.3 Å². The van der Waals surface area contributed by atoms with E-state index < -0.39 is 65.7 Å². The topological polar surface area (TPSA) is 194 Å². The minimum absolute atomic E-state index is 0.0733. The number of alkyl carbamates (subject to hydrolysis) is 1. The molecule has 0 aliphatic carbocycles. The van der Waals surface area contributed by atoms with Gasteiger partial charge >= 0.3 is 12.1 Å². The van der Waals surface area contributed by atoms with Crippen LogP contribution in [-0.2, 0) is 49.3 Å². The average Bonchev–Trinajstić information content (AvgIpc) is 3.79. The number of ether oxygens (including phenoxy) is 5. The van der Waals surface area contributed by atoms with Crippen LogP contribution in [0, 0.1) is 5.92 Å². The molecule has 1 aromatic rings. The first-order valence-electron chi connectivity index (χ1n) is 20.0. The molecule has 0 radical (unpaired) electrons. The number of unbranched alkanes of at least 4 members (excludes halogenated alkanes) is 2. The van der Waals surface area contributed by atoms with Crippen molar-refractivity contribution in [1.29, 1.82) is 0 Å². The third-order valence-electron chi connectivity index (χ3n) is 12.0. The Hall–Kier alpha value is -4.51. The molecule has 0 aromatic heterocycles. The summed E-state index contributed by atoms with van der Waals surface area (Å²) in [4.78, 5) is 81.9. The Labute approximate surface area is 350 Å². The second-order valence-corrected chi connectivity index (χ2v) is 16.5. The second kappa shape index (κ2) is 18.8. The number of hydrogen-bond donors (Lipinski definition) is 2. The number of benzene rings is 1. The molecule has 16 nitrogen and oxygen atoms in total. The normalized spacial score (nSPS) is 30.7. The molecule has 1 unspecified atom stereocenters. The summed E-state index contributed by atoms with van der Waals surface area (Å²) in [7, 11) is 5.96. The minimum Gasteiger partial charge on any atom is -0.495 e. The van der Waals surface area contributed by atoms with Crippen LogP contribution in [0.5, 0.6) is 5.75 Å². The SMILES string of the molecule is COc1cc2cc(c1Cl)N(C)C(=O)C[C@H](OC(=O)[C@H](C)N(C)C(=O)CCCCCN1C(=O)CCC1=O)[C@]1(C)O[C@H]1C(C)[C@@H]1C[C@@](O)(NC(=O)O1)[C@H](OC)/C=C/C=C(\C)C2. The van der Waals surface area contributed by atoms with Gasteiger partial charge in [-0.15, -0.1) is 0 Å². The number of amides is 5. The van der Waals surface area contributed by atoms with Crippen molar-refractivity contribution in [2.45, 2.75) is 127 Å². The first kappa shape index (κ1) is 45.6. The number of methoxy groups -OCH3 is 2. The number of nitrogens with one attached hydrogen (secondary N) is 1. The van der Waals surface area contributed by atoms with Crippen molar-refractivity contribution in [3.8, 4) is 5.75 Å². The number of carbonyl (C=O) groups is 6. The number of nitrogens with zero attached hydrogens (tertiary/aromatic N) is 3. The highest BCUT2D eigenvalue weighted by molar-refractivity contribution is 6.35. The predicted molar refractivity (Wildman–Crippen MR) is 215 cm³/mol. The lowest BCUT2D eigenvalue weighted by molar-refractivity contribution is -0.162. The molecule has 59 heavy (non-hydrogen) atoms. The lowest BCUT2D eigenvalue weighted by Crippen LogP contribution is -2.63. The predicted octanol–water partition coefficient (Wildman–Crippen LogP) is 4.22. The first-order chi connectivity index (χ1) is 27.8. The lowest BCUT2D eigenvalue weighted by atomic mass is 9.83. The van der Waals surface area contributed by atoms with Crippen LogP contribution in [0.4, 0.5) is 10.5 Å². The molecule has 0 spiro atoms. The first-order valence-corrected chi connectivity index (χ1v) is 20.4. The lowest BCUT2D eigenvalue weighted by Gasteiger charge is -2.42. The Morgan fingerprint density at radius 1 is 1.10 bits per heavy atom. The van der Waals surface area contributed by atoms with Gasteiger partial charge < -0.3 is 38.6 Å². The molecular weight excluding hydrogens is 788 g/mol. The molecule has 8 atom stereocenters. The number of rotatable bonds is 11. The van der Waals surface area contributed by atoms with Gasteiger partial charge in [-0.3, -0.25) is 29.4 Å². The third kappa shape index (κ3) is 10.3. The molecule has 4 bridgehead atoms. The van der Waals surface area contributed by atoms with E-state index >= 15 is 0 Å². The highest BCUT2D eigenvalue weighted by Crippen LogP contribution is 2.49. The average molecular weight is 845 g/mol. The summed E-state index contributed by atoms with van der Waals surface area (Å²) < 4.78 is 29.3. The number of allylic oxidation sites excluding steroid dienone is 3. The van der Waals surface area contributed by atoms with Gasteiger partial charge in [-0.05, 0) is 57.7 Å². The van der Waals surface area contributed by atoms with Crippen LogP contribution in [-0.4, -0.2) is 127 Å². The van der Waals surface area contributed by atoms with Crippen LogP contribution in [0.25, 0.3) is 0 Å². The van der Waals surface area contributed by atoms with Crippen LogP contribution in [0.1, 0.15) is 84.6 Å². The van der Waals surface area contributed by atoms with E-state index in [0.29, 0.717) is 43.7 Å². The summed E-state index contributed by atoms with van der Waals surface area (Å²) in [6, 6.07) is 2.51. The Morgan fingerprint density at radius 3 is 2.46 bits per heavy atom. The van der Waals surface area contributed by atoms with Gasteiger partial charge in [0.05, 0.1) is 25.3 Å². The fraction of sp³-hybridized carbons (Fsp3) is 0.619. The number of halogens is 1. The quantitative estimate of drug-likeness (QED) is 0.140. The van der Waals surface area contributed by atoms with E-state index in [1.54, 1.807) is 45.2 Å². The van der Waals surface area contributed by atoms with E-state index in [-0.39, 0.29) is 54.8 Å². The number of hydrogen-bond acceptors (Lipinski definition) is 12. The second-order valence-electron chi connectivity index (χ2n) is 16.2. The molecule has 0 saturated carbocycles. The fourth-order valence-corrected chi connectivity index (χ4v) is 8.30. The zero-order chi connectivity index (χ0) is 43.4. The van der Waals surface area contributed by atoms with Gasteiger partial charge in [-0.25, -0.2) is 9.59 Å². The molecular formula is C42H57ClN4O12. The zero-order valence-electron chi connectivity index (χ0n) is 35.1. The van der Waals surface area contributed by atoms with Crippen LogP contribution < -0.4 is 15.0 Å². The molecule has 5 amide bonds. The highest BCUT2D eigenvalue weighted by Gasteiger charge is 2.64. The standard InChI is InChI=1S/C42H57ClN4O12/c1-24-13-12-14-31(56-8)42(54)23-30(57-40(53)44-42)25(2)38-41(4,59-38)32(22-36(51)46(6)28-20-27(19-24)21-29(55-7)37(28)43)58-39(52)26(3)45(5)33(48)15-10-9-11-18-47-34(49)16-17-35(47)50/h12-14,20-21,25-26,30-32,38,54H,9-11,15-19,22-23H2,1-8H3,(H,44,53)/b14-12+,24-13+/t25?,26-,30-,31+,32-,38-,41-,42-/m0/s1. The number of epoxide rings is 1. The largest absolute Gasteiger partial charge is 0.495 e. The van der Waals surface area contributed by atoms with Crippen molar-refractivity contribution >= 4 is 53.0 Å². The van der Waals surface area contributed by atoms with Gasteiger partial charge in [0.25, 0.3) is 0 Å². The number of imide groups is 1. The summed E-state index contributed by atoms with van der Waals surface area (Å²) in [6.07, 6.45) is 2.92. The minimum atomic E-state index is -1.85. The molecule has 4 aliphatic heterocycles. The van der Waals surface area contributed by atoms with Crippen LogP contribution >= 0.6 is 11.6 Å². The maximum absolute atomic E-state index is 14.2. The maximum atomic E-state index is 14.2. The molecule has 4 aliphatic rings. The summed E-state index contributed by atoms with van der Waals surface area (Å²) in [5.41, 5.74) is -1.04. The van der Waals surface area contributed by atoms with E-state index in [2.05, 4.69) is 5.32 Å². The van der Waals surface area contributed by atoms with Crippen LogP contribution in [0.15, 0.2) is 35.9 Å². The molecule has 3 saturated heterocycles. The number of fused-ring (bicyclic) bond motifs is 5. The molecule has 17 heteroatoms. The molecule has 1 aromatic carbocycles. The summed E-state index contributed by atoms with van der Waals surface area (Å²) in [5, 5.41) is 14.5. The monoisotopic (exact) mass is 844 g/mol. The van der Waals surface area contributed by atoms with Crippen LogP contribution in [0.2, 0.25) is 5.02 Å². The number of esters is 1. The number of aliphatic hydroxyl groups is 1. The Bertz CT molecular complexity index is 1860. The number of likely N-dealkylation sites (N-methyl/N-ethyl adjacent to an activating group) is 1. The van der Waals surface area contributed by atoms with Gasteiger partial charge in [-0.2, -0.15) is 0 Å². The number of carbonyl (C=O) groups excluding carboxylic acids is 6. The fourth-order valence-electron chi connectivity index (χ4n) is 7.99. The summed E-state index contributed by atoms with van der Waals surface area (Å²) in [6.45, 7) is 7.24. The van der Waals surface area contributed by atoms with Crippen molar-refractivity contribution in [3.05, 3.63) is 46.5 Å². The molecule has 5 rings (SSSR count). The van der Waals surface area contributed by atoms with E-state index in [0.717, 1.165) is 11.1 Å². The van der Waals surface area contributed by atoms with Gasteiger partial charge in [-0.1, -0.05) is 48.7 Å². The van der Waals surface area contributed by atoms with Crippen LogP contribution in [0.3, 0.4) is 0 Å². The van der Waals surface area contributed by atoms with Crippen molar-refractivity contribution in [1.82, 2.24) is 15.1 Å². The van der Waals surface area contributed by atoms with Gasteiger partial charge in [0.2, 0.25) is 23.6 Å². The Balaban J connectivity index is 1.39. The van der Waals surface area contributed by atoms with Gasteiger partial charge in [0, 0.05) is 59.4 Å². The molecule has 324 valence electrons. The van der Waals surface area contributed by atoms with Gasteiger partial charge in [0.1, 0.15) is 40.7 Å². The Morgan fingerprint density at radius 2 is 1.80 bits per heavy atom. The zero-order valence-corrected chi connectivity index (χ0v) is 35.8. The van der Waals surface area contributed by atoms with E-state index in [9.17, 15) is 33.9 Å². The van der Waals surface area contributed by atoms with Crippen molar-refractivity contribution in [2.24, 2.45) is 5.92 Å². The molecule has 3 fully saturated rings. The Kier molecular flexibility index (Phi) is 14.5. The summed E-state index contributed by atoms with van der Waals surface area (Å²) in [5.74, 6) is -2.10. The highest BCUT2D eigenvalue weighted by atomic mass is 35.5. The van der Waals surface area contributed by atoms with Crippen molar-refractivity contribution in [3.63, 3.8) is 0 Å². The van der Waals surface area contributed by atoms with E-state index in [1.165, 1.54) is 42.9 Å². The van der Waals surface area contributed by atoms with Crippen molar-refractivity contribution < 1.29 is 57.6 Å². The third-order valence-corrected chi connectivity index (χ3v) is 12.3. The molecule has 2 N–H and O–H groups in total. The summed E-state index contributed by atoms with van der Waals surface area (Å²) >= 11 is 6.78. The molecule has 4 heterocycles.